The maximum atomic E-state index is 12.2. The summed E-state index contributed by atoms with van der Waals surface area (Å²) in [5.41, 5.74) is 1.46. The number of benzene rings is 2. The van der Waals surface area contributed by atoms with E-state index in [2.05, 4.69) is 5.32 Å². The van der Waals surface area contributed by atoms with Crippen molar-refractivity contribution in [2.45, 2.75) is 25.5 Å². The minimum atomic E-state index is -0.350. The first kappa shape index (κ1) is 24.2. The average Bonchev–Trinajstić information content (AvgIpc) is 2.78. The van der Waals surface area contributed by atoms with Gasteiger partial charge in [0, 0.05) is 5.56 Å². The van der Waals surface area contributed by atoms with Crippen LogP contribution < -0.4 is 14.8 Å². The first-order valence-electron chi connectivity index (χ1n) is 9.23. The Hall–Kier alpha value is -2.80. The third kappa shape index (κ3) is 7.99. The molecule has 0 aliphatic rings. The van der Waals surface area contributed by atoms with Crippen LogP contribution in [0.5, 0.6) is 11.5 Å². The molecule has 7 heteroatoms. The topological polar surface area (TPSA) is 81.7 Å². The molecule has 0 aromatic heterocycles. The van der Waals surface area contributed by atoms with E-state index in [4.69, 9.17) is 9.47 Å². The lowest BCUT2D eigenvalue weighted by Gasteiger charge is -2.13. The van der Waals surface area contributed by atoms with Crippen molar-refractivity contribution in [2.75, 3.05) is 20.0 Å². The molecule has 0 radical (unpaired) electrons. The Labute approximate surface area is 176 Å². The normalized spacial score (nSPS) is 10.8. The molecule has 0 aliphatic heterocycles. The third-order valence-electron chi connectivity index (χ3n) is 3.88. The SMILES string of the molecule is CC.COc1cccc(C(=O)COc2ccc(CC(SC)C(=O)NC=O)cc2)c1. The van der Waals surface area contributed by atoms with Gasteiger partial charge in [0.1, 0.15) is 11.5 Å². The van der Waals surface area contributed by atoms with E-state index in [1.54, 1.807) is 43.5 Å². The van der Waals surface area contributed by atoms with Crippen LogP contribution in [0.25, 0.3) is 0 Å². The monoisotopic (exact) mass is 417 g/mol. The Bertz CT molecular complexity index is 792. The molecular weight excluding hydrogens is 390 g/mol. The van der Waals surface area contributed by atoms with Gasteiger partial charge in [-0.25, -0.2) is 0 Å². The Morgan fingerprint density at radius 3 is 2.38 bits per heavy atom. The van der Waals surface area contributed by atoms with Crippen LogP contribution in [0.2, 0.25) is 0 Å². The van der Waals surface area contributed by atoms with Crippen LogP contribution in [0, 0.1) is 0 Å². The lowest BCUT2D eigenvalue weighted by atomic mass is 10.1. The average molecular weight is 418 g/mol. The standard InChI is InChI=1S/C20H21NO5S.C2H6/c1-25-17-5-3-4-15(11-17)18(23)12-26-16-8-6-14(7-9-16)10-19(27-2)20(24)21-13-22;1-2/h3-9,11,13,19H,10,12H2,1-2H3,(H,21,22,24);1-2H3. The van der Waals surface area contributed by atoms with Crippen molar-refractivity contribution in [1.29, 1.82) is 0 Å². The zero-order valence-electron chi connectivity index (χ0n) is 17.1. The maximum Gasteiger partial charge on any atom is 0.239 e. The van der Waals surface area contributed by atoms with Crippen molar-refractivity contribution in [1.82, 2.24) is 5.32 Å². The van der Waals surface area contributed by atoms with Gasteiger partial charge in [-0.15, -0.1) is 0 Å². The van der Waals surface area contributed by atoms with Gasteiger partial charge in [0.05, 0.1) is 12.4 Å². The van der Waals surface area contributed by atoms with E-state index >= 15 is 0 Å². The number of rotatable bonds is 10. The van der Waals surface area contributed by atoms with Gasteiger partial charge in [-0.05, 0) is 42.5 Å². The number of hydrogen-bond acceptors (Lipinski definition) is 6. The Kier molecular flexibility index (Phi) is 11.2. The molecule has 1 unspecified atom stereocenters. The number of ketones is 1. The summed E-state index contributed by atoms with van der Waals surface area (Å²) >= 11 is 1.37. The summed E-state index contributed by atoms with van der Waals surface area (Å²) in [5.74, 6) is 0.716. The summed E-state index contributed by atoms with van der Waals surface area (Å²) in [6.07, 6.45) is 2.70. The maximum absolute atomic E-state index is 12.2. The van der Waals surface area contributed by atoms with Crippen LogP contribution in [-0.2, 0) is 16.0 Å². The van der Waals surface area contributed by atoms with E-state index in [0.717, 1.165) is 5.56 Å². The van der Waals surface area contributed by atoms with Crippen molar-refractivity contribution < 1.29 is 23.9 Å². The van der Waals surface area contributed by atoms with Crippen molar-refractivity contribution in [3.05, 3.63) is 59.7 Å². The number of imide groups is 1. The van der Waals surface area contributed by atoms with Crippen LogP contribution in [-0.4, -0.2) is 43.3 Å². The largest absolute Gasteiger partial charge is 0.497 e. The molecule has 29 heavy (non-hydrogen) atoms. The second-order valence-electron chi connectivity index (χ2n) is 5.64. The number of nitrogens with one attached hydrogen (secondary N) is 1. The number of methoxy groups -OCH3 is 1. The van der Waals surface area contributed by atoms with Crippen molar-refractivity contribution in [2.24, 2.45) is 0 Å². The first-order valence-corrected chi connectivity index (χ1v) is 10.5. The van der Waals surface area contributed by atoms with Gasteiger partial charge in [-0.1, -0.05) is 38.1 Å². The summed E-state index contributed by atoms with van der Waals surface area (Å²) in [6, 6.07) is 14.1. The predicted molar refractivity (Wildman–Crippen MR) is 116 cm³/mol. The number of carbonyl (C=O) groups is 3. The molecule has 1 atom stereocenters. The molecule has 1 N–H and O–H groups in total. The fraction of sp³-hybridized carbons (Fsp3) is 0.318. The highest BCUT2D eigenvalue weighted by atomic mass is 32.2. The van der Waals surface area contributed by atoms with Gasteiger partial charge in [-0.2, -0.15) is 11.8 Å². The van der Waals surface area contributed by atoms with Gasteiger partial charge in [0.25, 0.3) is 0 Å². The number of carbonyl (C=O) groups excluding carboxylic acids is 3. The predicted octanol–water partition coefficient (Wildman–Crippen LogP) is 3.53. The molecule has 0 bridgehead atoms. The number of ether oxygens (including phenoxy) is 2. The van der Waals surface area contributed by atoms with Crippen LogP contribution in [0.15, 0.2) is 48.5 Å². The highest BCUT2D eigenvalue weighted by molar-refractivity contribution is 7.99. The number of Topliss-reactive ketones (excluding diaryl/α,β-unsaturated/α-hetero) is 1. The molecule has 0 saturated carbocycles. The Morgan fingerprint density at radius 2 is 1.79 bits per heavy atom. The first-order chi connectivity index (χ1) is 14.1. The van der Waals surface area contributed by atoms with Gasteiger partial charge in [0.2, 0.25) is 12.3 Å². The van der Waals surface area contributed by atoms with E-state index in [0.29, 0.717) is 29.9 Å². The molecule has 0 aliphatic carbocycles. The van der Waals surface area contributed by atoms with E-state index in [-0.39, 0.29) is 23.5 Å². The van der Waals surface area contributed by atoms with Crippen molar-refractivity contribution >= 4 is 29.9 Å². The Balaban J connectivity index is 0.00000204. The molecule has 156 valence electrons. The molecule has 2 amide bonds. The molecule has 6 nitrogen and oxygen atoms in total. The van der Waals surface area contributed by atoms with Gasteiger partial charge in [-0.3, -0.25) is 19.7 Å². The minimum Gasteiger partial charge on any atom is -0.497 e. The van der Waals surface area contributed by atoms with Crippen molar-refractivity contribution in [3.8, 4) is 11.5 Å². The van der Waals surface area contributed by atoms with Crippen LogP contribution >= 0.6 is 11.8 Å². The molecule has 0 fully saturated rings. The highest BCUT2D eigenvalue weighted by Gasteiger charge is 2.17. The second-order valence-corrected chi connectivity index (χ2v) is 6.68. The zero-order chi connectivity index (χ0) is 21.6. The second kappa shape index (κ2) is 13.4. The number of hydrogen-bond donors (Lipinski definition) is 1. The van der Waals surface area contributed by atoms with Gasteiger partial charge < -0.3 is 9.47 Å². The summed E-state index contributed by atoms with van der Waals surface area (Å²) in [6.45, 7) is 3.92. The smallest absolute Gasteiger partial charge is 0.239 e. The fourth-order valence-corrected chi connectivity index (χ4v) is 3.04. The summed E-state index contributed by atoms with van der Waals surface area (Å²) in [4.78, 5) is 34.4. The number of amides is 2. The molecule has 0 spiro atoms. The highest BCUT2D eigenvalue weighted by Crippen LogP contribution is 2.18. The summed E-state index contributed by atoms with van der Waals surface area (Å²) in [5, 5.41) is 1.82. The molecule has 2 aromatic carbocycles. The van der Waals surface area contributed by atoms with Gasteiger partial charge in [0.15, 0.2) is 12.4 Å². The fourth-order valence-electron chi connectivity index (χ4n) is 2.40. The van der Waals surface area contributed by atoms with Crippen LogP contribution in [0.3, 0.4) is 0 Å². The van der Waals surface area contributed by atoms with E-state index in [1.165, 1.54) is 11.8 Å². The van der Waals surface area contributed by atoms with E-state index in [1.807, 2.05) is 32.2 Å². The quantitative estimate of drug-likeness (QED) is 0.470. The summed E-state index contributed by atoms with van der Waals surface area (Å²) < 4.78 is 10.7. The molecule has 0 saturated heterocycles. The van der Waals surface area contributed by atoms with E-state index < -0.39 is 0 Å². The molecular formula is C22H27NO5S. The van der Waals surface area contributed by atoms with Gasteiger partial charge >= 0.3 is 0 Å². The number of thioether (sulfide) groups is 1. The minimum absolute atomic E-state index is 0.0817. The van der Waals surface area contributed by atoms with Crippen molar-refractivity contribution in [3.63, 3.8) is 0 Å². The van der Waals surface area contributed by atoms with Crippen LogP contribution in [0.1, 0.15) is 29.8 Å². The molecule has 2 rings (SSSR count). The third-order valence-corrected chi connectivity index (χ3v) is 4.83. The molecule has 0 heterocycles. The zero-order valence-corrected chi connectivity index (χ0v) is 18.0. The Morgan fingerprint density at radius 1 is 1.10 bits per heavy atom. The van der Waals surface area contributed by atoms with E-state index in [9.17, 15) is 14.4 Å². The van der Waals surface area contributed by atoms with Crippen LogP contribution in [0.4, 0.5) is 0 Å². The molecule has 2 aromatic rings. The summed E-state index contributed by atoms with van der Waals surface area (Å²) in [7, 11) is 1.55. The lowest BCUT2D eigenvalue weighted by Crippen LogP contribution is -2.32. The lowest BCUT2D eigenvalue weighted by molar-refractivity contribution is -0.124.